The second-order valence-electron chi connectivity index (χ2n) is 7.47. The molecule has 0 aromatic heterocycles. The van der Waals surface area contributed by atoms with Gasteiger partial charge >= 0.3 is 0 Å². The Labute approximate surface area is 176 Å². The van der Waals surface area contributed by atoms with Crippen LogP contribution >= 0.6 is 12.2 Å². The summed E-state index contributed by atoms with van der Waals surface area (Å²) >= 11 is 5.29. The molecule has 0 aliphatic heterocycles. The summed E-state index contributed by atoms with van der Waals surface area (Å²) < 4.78 is 18.9. The number of hydrogen-bond donors (Lipinski definition) is 2. The molecule has 3 aromatic carbocycles. The first-order valence-corrected chi connectivity index (χ1v) is 9.98. The van der Waals surface area contributed by atoms with Gasteiger partial charge in [-0.3, -0.25) is 0 Å². The van der Waals surface area contributed by atoms with Gasteiger partial charge in [0.2, 0.25) is 0 Å². The highest BCUT2D eigenvalue weighted by Gasteiger charge is 2.17. The fourth-order valence-corrected chi connectivity index (χ4v) is 2.98. The quantitative estimate of drug-likeness (QED) is 0.426. The Morgan fingerprint density at radius 1 is 0.828 bits per heavy atom. The van der Waals surface area contributed by atoms with Crippen LogP contribution in [-0.2, 0) is 5.41 Å². The molecule has 0 heterocycles. The molecule has 0 radical (unpaired) electrons. The van der Waals surface area contributed by atoms with Crippen molar-refractivity contribution < 1.29 is 9.13 Å². The van der Waals surface area contributed by atoms with E-state index in [1.807, 2.05) is 36.4 Å². The van der Waals surface area contributed by atoms with E-state index >= 15 is 0 Å². The van der Waals surface area contributed by atoms with E-state index in [0.717, 1.165) is 29.3 Å². The Kier molecular flexibility index (Phi) is 6.49. The van der Waals surface area contributed by atoms with Gasteiger partial charge in [0, 0.05) is 11.4 Å². The van der Waals surface area contributed by atoms with Gasteiger partial charge in [-0.25, -0.2) is 4.39 Å². The lowest BCUT2D eigenvalue weighted by atomic mass is 9.82. The van der Waals surface area contributed by atoms with Gasteiger partial charge in [-0.05, 0) is 90.3 Å². The summed E-state index contributed by atoms with van der Waals surface area (Å²) in [5, 5.41) is 6.54. The third kappa shape index (κ3) is 5.78. The highest BCUT2D eigenvalue weighted by Crippen LogP contribution is 2.30. The number of halogens is 1. The van der Waals surface area contributed by atoms with Crippen molar-refractivity contribution in [3.8, 4) is 11.5 Å². The minimum absolute atomic E-state index is 0.159. The Morgan fingerprint density at radius 2 is 1.28 bits per heavy atom. The van der Waals surface area contributed by atoms with Gasteiger partial charge in [0.25, 0.3) is 0 Å². The Hall–Kier alpha value is -2.92. The summed E-state index contributed by atoms with van der Waals surface area (Å²) in [5.41, 5.74) is 3.01. The van der Waals surface area contributed by atoms with Crippen LogP contribution in [0.25, 0.3) is 0 Å². The molecule has 0 saturated carbocycles. The molecule has 0 aliphatic rings. The van der Waals surface area contributed by atoms with Gasteiger partial charge in [-0.1, -0.05) is 32.9 Å². The topological polar surface area (TPSA) is 33.3 Å². The van der Waals surface area contributed by atoms with Crippen molar-refractivity contribution in [2.45, 2.75) is 32.6 Å². The van der Waals surface area contributed by atoms with Crippen LogP contribution in [0.3, 0.4) is 0 Å². The molecule has 3 nitrogen and oxygen atoms in total. The summed E-state index contributed by atoms with van der Waals surface area (Å²) in [7, 11) is 0. The van der Waals surface area contributed by atoms with E-state index in [9.17, 15) is 4.39 Å². The molecular formula is C24H25FN2OS. The van der Waals surface area contributed by atoms with Gasteiger partial charge in [-0.15, -0.1) is 0 Å². The van der Waals surface area contributed by atoms with Crippen molar-refractivity contribution in [2.75, 3.05) is 10.6 Å². The molecule has 0 fully saturated rings. The fourth-order valence-electron chi connectivity index (χ4n) is 2.75. The fraction of sp³-hybridized carbons (Fsp3) is 0.208. The molecule has 150 valence electrons. The van der Waals surface area contributed by atoms with E-state index < -0.39 is 0 Å². The molecule has 29 heavy (non-hydrogen) atoms. The minimum Gasteiger partial charge on any atom is -0.457 e. The molecule has 0 amide bonds. The lowest BCUT2D eigenvalue weighted by molar-refractivity contribution is 0.478. The first-order valence-electron chi connectivity index (χ1n) is 9.58. The SMILES string of the molecule is CCC(C)(C)c1ccc(Oc2ccc(NC(=S)Nc3ccc(F)cc3)cc2)cc1. The van der Waals surface area contributed by atoms with E-state index in [1.54, 1.807) is 12.1 Å². The Balaban J connectivity index is 1.57. The maximum atomic E-state index is 13.0. The molecule has 2 N–H and O–H groups in total. The Bertz CT molecular complexity index is 952. The molecule has 0 saturated heterocycles. The first-order chi connectivity index (χ1) is 13.9. The molecular weight excluding hydrogens is 383 g/mol. The number of anilines is 2. The van der Waals surface area contributed by atoms with Crippen LogP contribution < -0.4 is 15.4 Å². The highest BCUT2D eigenvalue weighted by atomic mass is 32.1. The maximum absolute atomic E-state index is 13.0. The van der Waals surface area contributed by atoms with E-state index in [2.05, 4.69) is 43.5 Å². The van der Waals surface area contributed by atoms with Crippen molar-refractivity contribution in [1.29, 1.82) is 0 Å². The van der Waals surface area contributed by atoms with Crippen molar-refractivity contribution in [1.82, 2.24) is 0 Å². The van der Waals surface area contributed by atoms with Crippen molar-refractivity contribution >= 4 is 28.7 Å². The van der Waals surface area contributed by atoms with Crippen LogP contribution in [-0.4, -0.2) is 5.11 Å². The average molecular weight is 409 g/mol. The predicted octanol–water partition coefficient (Wildman–Crippen LogP) is 7.11. The lowest BCUT2D eigenvalue weighted by Gasteiger charge is -2.23. The molecule has 0 atom stereocenters. The van der Waals surface area contributed by atoms with E-state index in [0.29, 0.717) is 5.11 Å². The van der Waals surface area contributed by atoms with Crippen LogP contribution in [0.5, 0.6) is 11.5 Å². The molecule has 3 rings (SSSR count). The number of hydrogen-bond acceptors (Lipinski definition) is 2. The zero-order chi connectivity index (χ0) is 20.9. The smallest absolute Gasteiger partial charge is 0.175 e. The number of thiocarbonyl (C=S) groups is 1. The summed E-state index contributed by atoms with van der Waals surface area (Å²) in [6.07, 6.45) is 1.08. The van der Waals surface area contributed by atoms with Crippen molar-refractivity contribution in [2.24, 2.45) is 0 Å². The number of nitrogens with one attached hydrogen (secondary N) is 2. The van der Waals surface area contributed by atoms with Crippen LogP contribution in [0.1, 0.15) is 32.8 Å². The average Bonchev–Trinajstić information content (AvgIpc) is 2.71. The number of benzene rings is 3. The van der Waals surface area contributed by atoms with Gasteiger partial charge in [0.15, 0.2) is 5.11 Å². The second kappa shape index (κ2) is 9.05. The van der Waals surface area contributed by atoms with Crippen LogP contribution in [0.4, 0.5) is 15.8 Å². The third-order valence-electron chi connectivity index (χ3n) is 4.97. The molecule has 0 spiro atoms. The maximum Gasteiger partial charge on any atom is 0.175 e. The molecule has 0 unspecified atom stereocenters. The standard InChI is InChI=1S/C24H25FN2OS/c1-4-24(2,3)17-5-13-21(14-6-17)28-22-15-11-20(12-16-22)27-23(29)26-19-9-7-18(25)8-10-19/h5-16H,4H2,1-3H3,(H2,26,27,29). The monoisotopic (exact) mass is 408 g/mol. The summed E-state index contributed by atoms with van der Waals surface area (Å²) in [6, 6.07) is 21.8. The lowest BCUT2D eigenvalue weighted by Crippen LogP contribution is -2.18. The zero-order valence-electron chi connectivity index (χ0n) is 16.8. The third-order valence-corrected chi connectivity index (χ3v) is 5.17. The second-order valence-corrected chi connectivity index (χ2v) is 7.88. The molecule has 0 aliphatic carbocycles. The van der Waals surface area contributed by atoms with Crippen molar-refractivity contribution in [3.63, 3.8) is 0 Å². The van der Waals surface area contributed by atoms with Crippen molar-refractivity contribution in [3.05, 3.63) is 84.2 Å². The number of ether oxygens (including phenoxy) is 1. The van der Waals surface area contributed by atoms with Gasteiger partial charge < -0.3 is 15.4 Å². The predicted molar refractivity (Wildman–Crippen MR) is 123 cm³/mol. The molecule has 3 aromatic rings. The minimum atomic E-state index is -0.284. The summed E-state index contributed by atoms with van der Waals surface area (Å²) in [4.78, 5) is 0. The van der Waals surface area contributed by atoms with E-state index in [-0.39, 0.29) is 11.2 Å². The van der Waals surface area contributed by atoms with Gasteiger partial charge in [-0.2, -0.15) is 0 Å². The summed E-state index contributed by atoms with van der Waals surface area (Å²) in [5.74, 6) is 1.26. The molecule has 5 heteroatoms. The molecule has 0 bridgehead atoms. The largest absolute Gasteiger partial charge is 0.457 e. The van der Waals surface area contributed by atoms with Crippen LogP contribution in [0.15, 0.2) is 72.8 Å². The zero-order valence-corrected chi connectivity index (χ0v) is 17.6. The Morgan fingerprint density at radius 3 is 1.76 bits per heavy atom. The van der Waals surface area contributed by atoms with Gasteiger partial charge in [0.05, 0.1) is 0 Å². The first kappa shape index (κ1) is 20.8. The van der Waals surface area contributed by atoms with Crippen LogP contribution in [0, 0.1) is 5.82 Å². The number of rotatable bonds is 6. The summed E-state index contributed by atoms with van der Waals surface area (Å²) in [6.45, 7) is 6.68. The van der Waals surface area contributed by atoms with Gasteiger partial charge in [0.1, 0.15) is 17.3 Å². The van der Waals surface area contributed by atoms with E-state index in [1.165, 1.54) is 17.7 Å². The highest BCUT2D eigenvalue weighted by molar-refractivity contribution is 7.80. The van der Waals surface area contributed by atoms with E-state index in [4.69, 9.17) is 17.0 Å². The van der Waals surface area contributed by atoms with Crippen LogP contribution in [0.2, 0.25) is 0 Å². The normalized spacial score (nSPS) is 11.0.